The van der Waals surface area contributed by atoms with Crippen LogP contribution in [0.1, 0.15) is 5.56 Å². The Bertz CT molecular complexity index is 605. The van der Waals surface area contributed by atoms with Crippen LogP contribution in [0.3, 0.4) is 0 Å². The zero-order valence-electron chi connectivity index (χ0n) is 9.55. The minimum absolute atomic E-state index is 0.291. The largest absolute Gasteiger partial charge is 0.480 e. The van der Waals surface area contributed by atoms with Gasteiger partial charge in [-0.2, -0.15) is 18.3 Å². The number of benzene rings is 1. The van der Waals surface area contributed by atoms with Crippen molar-refractivity contribution < 1.29 is 23.1 Å². The van der Waals surface area contributed by atoms with Gasteiger partial charge in [0.25, 0.3) is 0 Å². The third-order valence-electron chi connectivity index (χ3n) is 2.42. The van der Waals surface area contributed by atoms with Crippen molar-refractivity contribution in [3.8, 4) is 11.3 Å². The molecule has 0 unspecified atom stereocenters. The molecule has 4 nitrogen and oxygen atoms in total. The second-order valence-electron chi connectivity index (χ2n) is 3.87. The molecule has 0 radical (unpaired) electrons. The van der Waals surface area contributed by atoms with Crippen molar-refractivity contribution in [2.75, 3.05) is 0 Å². The first-order chi connectivity index (χ1) is 8.86. The topological polar surface area (TPSA) is 55.1 Å². The number of aromatic nitrogens is 2. The molecule has 0 amide bonds. The van der Waals surface area contributed by atoms with Crippen molar-refractivity contribution in [1.29, 1.82) is 0 Å². The molecular weight excluding hydrogens is 261 g/mol. The van der Waals surface area contributed by atoms with Crippen molar-refractivity contribution in [3.63, 3.8) is 0 Å². The van der Waals surface area contributed by atoms with E-state index in [0.717, 1.165) is 16.8 Å². The molecule has 0 aliphatic heterocycles. The molecule has 1 heterocycles. The van der Waals surface area contributed by atoms with Gasteiger partial charge in [-0.25, -0.2) is 0 Å². The third-order valence-corrected chi connectivity index (χ3v) is 2.42. The highest BCUT2D eigenvalue weighted by molar-refractivity contribution is 5.66. The average molecular weight is 270 g/mol. The summed E-state index contributed by atoms with van der Waals surface area (Å²) in [5.41, 5.74) is -0.177. The normalized spacial score (nSPS) is 11.5. The van der Waals surface area contributed by atoms with E-state index < -0.39 is 17.7 Å². The molecule has 0 saturated heterocycles. The molecule has 1 aromatic heterocycles. The first-order valence-corrected chi connectivity index (χ1v) is 5.29. The van der Waals surface area contributed by atoms with Gasteiger partial charge in [0.1, 0.15) is 6.54 Å². The molecule has 2 aromatic rings. The van der Waals surface area contributed by atoms with E-state index in [-0.39, 0.29) is 6.54 Å². The Labute approximate surface area is 106 Å². The van der Waals surface area contributed by atoms with Gasteiger partial charge in [0.2, 0.25) is 0 Å². The maximum atomic E-state index is 12.6. The van der Waals surface area contributed by atoms with E-state index in [0.29, 0.717) is 11.3 Å². The number of carbonyl (C=O) groups is 1. The molecule has 19 heavy (non-hydrogen) atoms. The molecular formula is C12H9F3N2O2. The van der Waals surface area contributed by atoms with Crippen molar-refractivity contribution in [2.24, 2.45) is 0 Å². The highest BCUT2D eigenvalue weighted by atomic mass is 19.4. The van der Waals surface area contributed by atoms with Gasteiger partial charge in [0, 0.05) is 11.8 Å². The highest BCUT2D eigenvalue weighted by Crippen LogP contribution is 2.31. The number of rotatable bonds is 3. The van der Waals surface area contributed by atoms with E-state index >= 15 is 0 Å². The zero-order chi connectivity index (χ0) is 14.0. The summed E-state index contributed by atoms with van der Waals surface area (Å²) < 4.78 is 38.8. The smallest absolute Gasteiger partial charge is 0.416 e. The van der Waals surface area contributed by atoms with Crippen LogP contribution in [0.2, 0.25) is 0 Å². The fourth-order valence-electron chi connectivity index (χ4n) is 1.60. The molecule has 100 valence electrons. The molecule has 0 bridgehead atoms. The number of alkyl halides is 3. The molecule has 0 spiro atoms. The molecule has 1 aromatic carbocycles. The highest BCUT2D eigenvalue weighted by Gasteiger charge is 2.30. The SMILES string of the molecule is O=C(O)Cn1ccc(-c2cccc(C(F)(F)F)c2)n1. The third kappa shape index (κ3) is 3.12. The predicted molar refractivity (Wildman–Crippen MR) is 60.3 cm³/mol. The minimum Gasteiger partial charge on any atom is -0.480 e. The fourth-order valence-corrected chi connectivity index (χ4v) is 1.60. The van der Waals surface area contributed by atoms with Gasteiger partial charge < -0.3 is 5.11 Å². The molecule has 0 aliphatic rings. The van der Waals surface area contributed by atoms with Gasteiger partial charge in [-0.05, 0) is 18.2 Å². The lowest BCUT2D eigenvalue weighted by Crippen LogP contribution is -2.09. The lowest BCUT2D eigenvalue weighted by atomic mass is 10.1. The summed E-state index contributed by atoms with van der Waals surface area (Å²) in [6.45, 7) is -0.334. The number of halogens is 3. The van der Waals surface area contributed by atoms with Crippen molar-refractivity contribution >= 4 is 5.97 Å². The summed E-state index contributed by atoms with van der Waals surface area (Å²) in [5, 5.41) is 12.5. The molecule has 0 saturated carbocycles. The summed E-state index contributed by atoms with van der Waals surface area (Å²) in [7, 11) is 0. The lowest BCUT2D eigenvalue weighted by molar-refractivity contribution is -0.138. The van der Waals surface area contributed by atoms with E-state index in [9.17, 15) is 18.0 Å². The first-order valence-electron chi connectivity index (χ1n) is 5.29. The number of nitrogens with zero attached hydrogens (tertiary/aromatic N) is 2. The molecule has 0 fully saturated rings. The van der Waals surface area contributed by atoms with E-state index in [4.69, 9.17) is 5.11 Å². The molecule has 2 rings (SSSR count). The minimum atomic E-state index is -4.42. The van der Waals surface area contributed by atoms with E-state index in [1.807, 2.05) is 0 Å². The van der Waals surface area contributed by atoms with Gasteiger partial charge >= 0.3 is 12.1 Å². The maximum Gasteiger partial charge on any atom is 0.416 e. The Kier molecular flexibility index (Phi) is 3.28. The Balaban J connectivity index is 2.32. The summed E-state index contributed by atoms with van der Waals surface area (Å²) in [6, 6.07) is 6.20. The second kappa shape index (κ2) is 4.75. The van der Waals surface area contributed by atoms with Gasteiger partial charge in [0.15, 0.2) is 0 Å². The summed E-state index contributed by atoms with van der Waals surface area (Å²) >= 11 is 0. The Hall–Kier alpha value is -2.31. The van der Waals surface area contributed by atoms with Gasteiger partial charge in [-0.1, -0.05) is 12.1 Å². The van der Waals surface area contributed by atoms with Crippen LogP contribution in [0.15, 0.2) is 36.5 Å². The standard InChI is InChI=1S/C12H9F3N2O2/c13-12(14,15)9-3-1-2-8(6-9)10-4-5-17(16-10)7-11(18)19/h1-6H,7H2,(H,18,19). The van der Waals surface area contributed by atoms with Crippen LogP contribution in [0, 0.1) is 0 Å². The van der Waals surface area contributed by atoms with Gasteiger partial charge in [0.05, 0.1) is 11.3 Å². The van der Waals surface area contributed by atoms with E-state index in [1.54, 1.807) is 0 Å². The monoisotopic (exact) mass is 270 g/mol. The van der Waals surface area contributed by atoms with Crippen LogP contribution in [0.25, 0.3) is 11.3 Å². The fraction of sp³-hybridized carbons (Fsp3) is 0.167. The van der Waals surface area contributed by atoms with Crippen molar-refractivity contribution in [3.05, 3.63) is 42.1 Å². The van der Waals surface area contributed by atoms with Crippen LogP contribution in [-0.2, 0) is 17.5 Å². The van der Waals surface area contributed by atoms with Crippen molar-refractivity contribution in [1.82, 2.24) is 9.78 Å². The van der Waals surface area contributed by atoms with Crippen LogP contribution in [0.4, 0.5) is 13.2 Å². The molecule has 0 aliphatic carbocycles. The number of carboxylic acid groups (broad SMARTS) is 1. The maximum absolute atomic E-state index is 12.6. The number of aliphatic carboxylic acids is 1. The van der Waals surface area contributed by atoms with Crippen LogP contribution in [-0.4, -0.2) is 20.9 Å². The second-order valence-corrected chi connectivity index (χ2v) is 3.87. The number of hydrogen-bond acceptors (Lipinski definition) is 2. The van der Waals surface area contributed by atoms with Gasteiger partial charge in [-0.3, -0.25) is 9.48 Å². The average Bonchev–Trinajstić information content (AvgIpc) is 2.76. The first kappa shape index (κ1) is 13.1. The molecule has 1 N–H and O–H groups in total. The Morgan fingerprint density at radius 3 is 2.68 bits per heavy atom. The van der Waals surface area contributed by atoms with E-state index in [2.05, 4.69) is 5.10 Å². The van der Waals surface area contributed by atoms with Crippen LogP contribution in [0.5, 0.6) is 0 Å². The predicted octanol–water partition coefficient (Wildman–Crippen LogP) is 2.65. The molecule has 0 atom stereocenters. The quantitative estimate of drug-likeness (QED) is 0.932. The van der Waals surface area contributed by atoms with Crippen molar-refractivity contribution in [2.45, 2.75) is 12.7 Å². The van der Waals surface area contributed by atoms with Crippen LogP contribution < -0.4 is 0 Å². The Morgan fingerprint density at radius 1 is 1.32 bits per heavy atom. The number of carboxylic acids is 1. The number of hydrogen-bond donors (Lipinski definition) is 1. The van der Waals surface area contributed by atoms with Gasteiger partial charge in [-0.15, -0.1) is 0 Å². The lowest BCUT2D eigenvalue weighted by Gasteiger charge is -2.07. The molecule has 7 heteroatoms. The Morgan fingerprint density at radius 2 is 2.05 bits per heavy atom. The van der Waals surface area contributed by atoms with E-state index in [1.165, 1.54) is 24.4 Å². The summed E-state index contributed by atoms with van der Waals surface area (Å²) in [6.07, 6.45) is -3.01. The van der Waals surface area contributed by atoms with Crippen LogP contribution >= 0.6 is 0 Å². The zero-order valence-corrected chi connectivity index (χ0v) is 9.55. The summed E-state index contributed by atoms with van der Waals surface area (Å²) in [5.74, 6) is -1.07. The summed E-state index contributed by atoms with van der Waals surface area (Å²) in [4.78, 5) is 10.5.